The van der Waals surface area contributed by atoms with Crippen LogP contribution in [0.3, 0.4) is 0 Å². The molecule has 1 atom stereocenters. The first-order valence-corrected chi connectivity index (χ1v) is 9.44. The first kappa shape index (κ1) is 16.4. The molecule has 23 heavy (non-hydrogen) atoms. The van der Waals surface area contributed by atoms with E-state index in [1.165, 1.54) is 19.2 Å². The monoisotopic (exact) mass is 338 g/mol. The Bertz CT molecular complexity index is 724. The van der Waals surface area contributed by atoms with Crippen molar-refractivity contribution >= 4 is 15.6 Å². The van der Waals surface area contributed by atoms with E-state index in [4.69, 9.17) is 4.74 Å². The molecule has 1 spiro atoms. The maximum Gasteiger partial charge on any atom is 0.213 e. The van der Waals surface area contributed by atoms with E-state index < -0.39 is 20.5 Å². The lowest BCUT2D eigenvalue weighted by Crippen LogP contribution is -2.47. The first-order chi connectivity index (χ1) is 10.9. The third-order valence-electron chi connectivity index (χ3n) is 5.15. The molecule has 1 aromatic heterocycles. The summed E-state index contributed by atoms with van der Waals surface area (Å²) in [6, 6.07) is 3.05. The number of rotatable bonds is 3. The number of hydrogen-bond donors (Lipinski definition) is 1. The van der Waals surface area contributed by atoms with Crippen molar-refractivity contribution in [2.75, 3.05) is 20.2 Å². The Kier molecular flexibility index (Phi) is 4.18. The molecular formula is C16H22N2O4S. The van der Waals surface area contributed by atoms with Gasteiger partial charge in [0.2, 0.25) is 5.88 Å². The van der Waals surface area contributed by atoms with Crippen LogP contribution in [-0.4, -0.2) is 44.6 Å². The lowest BCUT2D eigenvalue weighted by molar-refractivity contribution is -0.117. The Hall–Kier alpha value is -1.47. The molecule has 3 rings (SSSR count). The molecule has 1 aromatic rings. The van der Waals surface area contributed by atoms with Crippen molar-refractivity contribution < 1.29 is 17.9 Å². The Morgan fingerprint density at radius 2 is 1.96 bits per heavy atom. The summed E-state index contributed by atoms with van der Waals surface area (Å²) in [4.78, 5) is 16.8. The molecule has 1 aliphatic carbocycles. The van der Waals surface area contributed by atoms with Gasteiger partial charge in [0.15, 0.2) is 15.6 Å². The summed E-state index contributed by atoms with van der Waals surface area (Å²) in [5.74, 6) is 0.220. The zero-order chi connectivity index (χ0) is 16.7. The number of ether oxygens (including phenoxy) is 1. The van der Waals surface area contributed by atoms with Gasteiger partial charge < -0.3 is 10.1 Å². The maximum absolute atomic E-state index is 13.2. The molecule has 0 aromatic carbocycles. The van der Waals surface area contributed by atoms with Crippen LogP contribution in [0.25, 0.3) is 0 Å². The number of ketones is 1. The number of aromatic nitrogens is 1. The molecule has 0 bridgehead atoms. The van der Waals surface area contributed by atoms with Crippen molar-refractivity contribution in [3.05, 3.63) is 17.8 Å². The first-order valence-electron chi connectivity index (χ1n) is 7.90. The van der Waals surface area contributed by atoms with Crippen LogP contribution < -0.4 is 10.1 Å². The average molecular weight is 338 g/mol. The highest BCUT2D eigenvalue weighted by Crippen LogP contribution is 2.48. The van der Waals surface area contributed by atoms with E-state index >= 15 is 0 Å². The second-order valence-electron chi connectivity index (χ2n) is 6.44. The van der Waals surface area contributed by atoms with E-state index in [9.17, 15) is 13.2 Å². The minimum Gasteiger partial charge on any atom is -0.481 e. The number of pyridine rings is 1. The molecule has 126 valence electrons. The van der Waals surface area contributed by atoms with Crippen molar-refractivity contribution in [2.45, 2.75) is 42.8 Å². The van der Waals surface area contributed by atoms with Gasteiger partial charge in [-0.3, -0.25) is 4.79 Å². The van der Waals surface area contributed by atoms with Gasteiger partial charge in [-0.25, -0.2) is 13.4 Å². The maximum atomic E-state index is 13.2. The summed E-state index contributed by atoms with van der Waals surface area (Å²) in [5, 5.41) is 2.32. The van der Waals surface area contributed by atoms with E-state index in [0.717, 1.165) is 25.9 Å². The molecule has 1 saturated carbocycles. The van der Waals surface area contributed by atoms with Crippen LogP contribution in [0, 0.1) is 12.3 Å². The number of hydrogen-bond acceptors (Lipinski definition) is 6. The Morgan fingerprint density at radius 1 is 1.26 bits per heavy atom. The predicted octanol–water partition coefficient (Wildman–Crippen LogP) is 1.27. The smallest absolute Gasteiger partial charge is 0.213 e. The van der Waals surface area contributed by atoms with E-state index in [0.29, 0.717) is 24.4 Å². The number of carbonyl (C=O) groups is 1. The Balaban J connectivity index is 2.05. The van der Waals surface area contributed by atoms with Crippen LogP contribution in [-0.2, 0) is 14.6 Å². The SMILES string of the molecule is COc1ccc(S(=O)(=O)C2C(=O)CCC23CCNCC3)c(C)n1. The normalized spacial score (nSPS) is 24.1. The van der Waals surface area contributed by atoms with Crippen LogP contribution in [0.15, 0.2) is 17.0 Å². The van der Waals surface area contributed by atoms with Gasteiger partial charge in [-0.05, 0) is 50.8 Å². The summed E-state index contributed by atoms with van der Waals surface area (Å²) in [6.45, 7) is 3.17. The molecular weight excluding hydrogens is 316 g/mol. The van der Waals surface area contributed by atoms with Gasteiger partial charge in [-0.15, -0.1) is 0 Å². The Morgan fingerprint density at radius 3 is 2.57 bits per heavy atom. The highest BCUT2D eigenvalue weighted by Gasteiger charge is 2.55. The molecule has 0 amide bonds. The average Bonchev–Trinajstić information content (AvgIpc) is 2.84. The van der Waals surface area contributed by atoms with Gasteiger partial charge in [0.05, 0.1) is 17.7 Å². The minimum atomic E-state index is -3.75. The molecule has 2 fully saturated rings. The van der Waals surface area contributed by atoms with Crippen molar-refractivity contribution in [3.63, 3.8) is 0 Å². The fourth-order valence-corrected chi connectivity index (χ4v) is 6.43. The fraction of sp³-hybridized carbons (Fsp3) is 0.625. The molecule has 7 heteroatoms. The molecule has 2 heterocycles. The quantitative estimate of drug-likeness (QED) is 0.893. The number of nitrogens with zero attached hydrogens (tertiary/aromatic N) is 1. The largest absolute Gasteiger partial charge is 0.481 e. The topological polar surface area (TPSA) is 85.4 Å². The van der Waals surface area contributed by atoms with Crippen molar-refractivity contribution in [1.82, 2.24) is 10.3 Å². The lowest BCUT2D eigenvalue weighted by Gasteiger charge is -2.38. The zero-order valence-corrected chi connectivity index (χ0v) is 14.3. The highest BCUT2D eigenvalue weighted by molar-refractivity contribution is 7.93. The van der Waals surface area contributed by atoms with Crippen molar-refractivity contribution in [3.8, 4) is 5.88 Å². The summed E-state index contributed by atoms with van der Waals surface area (Å²) >= 11 is 0. The Labute approximate surface area is 136 Å². The van der Waals surface area contributed by atoms with E-state index in [1.807, 2.05) is 0 Å². The fourth-order valence-electron chi connectivity index (χ4n) is 3.98. The number of nitrogens with one attached hydrogen (secondary N) is 1. The summed E-state index contributed by atoms with van der Waals surface area (Å²) in [6.07, 6.45) is 2.48. The molecule has 1 aliphatic heterocycles. The van der Waals surface area contributed by atoms with Crippen molar-refractivity contribution in [2.24, 2.45) is 5.41 Å². The number of carbonyl (C=O) groups excluding carboxylic acids is 1. The van der Waals surface area contributed by atoms with E-state index in [-0.39, 0.29) is 10.7 Å². The summed E-state index contributed by atoms with van der Waals surface area (Å²) < 4.78 is 31.5. The number of piperidine rings is 1. The number of aryl methyl sites for hydroxylation is 1. The highest BCUT2D eigenvalue weighted by atomic mass is 32.2. The van der Waals surface area contributed by atoms with Crippen LogP contribution >= 0.6 is 0 Å². The molecule has 1 saturated heterocycles. The predicted molar refractivity (Wildman–Crippen MR) is 85.3 cm³/mol. The van der Waals surface area contributed by atoms with Crippen molar-refractivity contribution in [1.29, 1.82) is 0 Å². The second-order valence-corrected chi connectivity index (χ2v) is 8.44. The molecule has 6 nitrogen and oxygen atoms in total. The lowest BCUT2D eigenvalue weighted by atomic mass is 9.77. The minimum absolute atomic E-state index is 0.149. The number of Topliss-reactive ketones (excluding diaryl/α,β-unsaturated/α-hetero) is 1. The zero-order valence-electron chi connectivity index (χ0n) is 13.5. The van der Waals surface area contributed by atoms with Gasteiger partial charge in [-0.1, -0.05) is 0 Å². The van der Waals surface area contributed by atoms with Gasteiger partial charge in [0.25, 0.3) is 0 Å². The standard InChI is InChI=1S/C16H22N2O4S/c1-11-13(3-4-14(18-11)22-2)23(20,21)15-12(19)5-6-16(15)7-9-17-10-8-16/h3-4,15,17H,5-10H2,1-2H3. The van der Waals surface area contributed by atoms with Gasteiger partial charge in [0, 0.05) is 12.5 Å². The number of methoxy groups -OCH3 is 1. The third-order valence-corrected chi connectivity index (χ3v) is 7.58. The second kappa shape index (κ2) is 5.87. The summed E-state index contributed by atoms with van der Waals surface area (Å²) in [5.41, 5.74) is -0.0405. The van der Waals surface area contributed by atoms with Crippen LogP contribution in [0.1, 0.15) is 31.4 Å². The van der Waals surface area contributed by atoms with Crippen LogP contribution in [0.4, 0.5) is 0 Å². The molecule has 2 aliphatic rings. The van der Waals surface area contributed by atoms with Gasteiger partial charge in [-0.2, -0.15) is 0 Å². The molecule has 0 radical (unpaired) electrons. The summed E-state index contributed by atoms with van der Waals surface area (Å²) in [7, 11) is -2.26. The number of sulfone groups is 1. The molecule has 1 N–H and O–H groups in total. The van der Waals surface area contributed by atoms with Gasteiger partial charge in [0.1, 0.15) is 5.25 Å². The van der Waals surface area contributed by atoms with E-state index in [2.05, 4.69) is 10.3 Å². The third kappa shape index (κ3) is 2.65. The van der Waals surface area contributed by atoms with Crippen LogP contribution in [0.2, 0.25) is 0 Å². The van der Waals surface area contributed by atoms with Crippen LogP contribution in [0.5, 0.6) is 5.88 Å². The molecule has 1 unspecified atom stereocenters. The van der Waals surface area contributed by atoms with Gasteiger partial charge >= 0.3 is 0 Å². The van der Waals surface area contributed by atoms with E-state index in [1.54, 1.807) is 6.92 Å².